The van der Waals surface area contributed by atoms with Crippen LogP contribution >= 0.6 is 11.6 Å². The highest BCUT2D eigenvalue weighted by atomic mass is 35.5. The molecule has 0 bridgehead atoms. The van der Waals surface area contributed by atoms with Gasteiger partial charge in [0.2, 0.25) is 0 Å². The van der Waals surface area contributed by atoms with E-state index in [1.807, 2.05) is 0 Å². The summed E-state index contributed by atoms with van der Waals surface area (Å²) in [6.45, 7) is 2.36. The number of rotatable bonds is 3. The zero-order chi connectivity index (χ0) is 6.62. The number of nitrogens with two attached hydrogens (primary N) is 1. The van der Waals surface area contributed by atoms with E-state index in [1.165, 1.54) is 0 Å². The van der Waals surface area contributed by atoms with Crippen LogP contribution in [0.2, 0.25) is 0 Å². The van der Waals surface area contributed by atoms with Crippen LogP contribution in [0.4, 0.5) is 0 Å². The minimum atomic E-state index is -0.561. The van der Waals surface area contributed by atoms with Gasteiger partial charge in [0.25, 0.3) is 0 Å². The van der Waals surface area contributed by atoms with Gasteiger partial charge in [0.05, 0.1) is 0 Å². The summed E-state index contributed by atoms with van der Waals surface area (Å²) in [4.78, 5) is 0. The molecule has 2 N–H and O–H groups in total. The smallest absolute Gasteiger partial charge is 0.139 e. The maximum atomic E-state index is 5.72. The zero-order valence-corrected chi connectivity index (χ0v) is 6.03. The van der Waals surface area contributed by atoms with E-state index in [0.29, 0.717) is 13.0 Å². The summed E-state index contributed by atoms with van der Waals surface area (Å²) >= 11 is 5.72. The molecular weight excluding hydrogens is 126 g/mol. The molecule has 0 saturated heterocycles. The van der Waals surface area contributed by atoms with Crippen LogP contribution < -0.4 is 5.73 Å². The number of hydrogen-bond acceptors (Lipinski definition) is 2. The number of halogens is 1. The van der Waals surface area contributed by atoms with E-state index in [9.17, 15) is 0 Å². The molecule has 0 fully saturated rings. The molecule has 50 valence electrons. The van der Waals surface area contributed by atoms with Gasteiger partial charge in [-0.15, -0.1) is 0 Å². The lowest BCUT2D eigenvalue weighted by Gasteiger charge is -2.18. The predicted octanol–water partition coefficient (Wildman–Crippen LogP) is 0.937. The van der Waals surface area contributed by atoms with Crippen LogP contribution in [0.25, 0.3) is 0 Å². The zero-order valence-electron chi connectivity index (χ0n) is 5.28. The van der Waals surface area contributed by atoms with Gasteiger partial charge in [0.15, 0.2) is 0 Å². The number of alkyl halides is 1. The van der Waals surface area contributed by atoms with Crippen LogP contribution in [-0.4, -0.2) is 18.7 Å². The lowest BCUT2D eigenvalue weighted by Crippen LogP contribution is -2.22. The van der Waals surface area contributed by atoms with Crippen molar-refractivity contribution in [1.29, 1.82) is 0 Å². The maximum absolute atomic E-state index is 5.72. The fourth-order valence-electron chi connectivity index (χ4n) is 0.360. The van der Waals surface area contributed by atoms with E-state index in [4.69, 9.17) is 22.1 Å². The third-order valence-corrected chi connectivity index (χ3v) is 1.36. The van der Waals surface area contributed by atoms with Crippen LogP contribution in [-0.2, 0) is 4.74 Å². The van der Waals surface area contributed by atoms with Gasteiger partial charge in [-0.05, 0) is 13.5 Å². The van der Waals surface area contributed by atoms with Crippen molar-refractivity contribution in [2.24, 2.45) is 5.73 Å². The SMILES string of the molecule is COC(C)(Cl)CCN. The third-order valence-electron chi connectivity index (χ3n) is 1.02. The predicted molar refractivity (Wildman–Crippen MR) is 34.9 cm³/mol. The topological polar surface area (TPSA) is 35.2 Å². The van der Waals surface area contributed by atoms with Gasteiger partial charge in [-0.25, -0.2) is 0 Å². The summed E-state index contributed by atoms with van der Waals surface area (Å²) in [5.74, 6) is 0. The average Bonchev–Trinajstić information content (AvgIpc) is 1.67. The molecule has 0 aromatic rings. The van der Waals surface area contributed by atoms with Crippen LogP contribution in [0.1, 0.15) is 13.3 Å². The Morgan fingerprint density at radius 1 is 1.75 bits per heavy atom. The van der Waals surface area contributed by atoms with Crippen molar-refractivity contribution < 1.29 is 4.74 Å². The monoisotopic (exact) mass is 137 g/mol. The first-order valence-corrected chi connectivity index (χ1v) is 2.94. The van der Waals surface area contributed by atoms with Crippen molar-refractivity contribution in [2.45, 2.75) is 18.4 Å². The number of ether oxygens (including phenoxy) is 1. The van der Waals surface area contributed by atoms with Gasteiger partial charge in [0.1, 0.15) is 5.06 Å². The molecule has 1 unspecified atom stereocenters. The molecule has 0 saturated carbocycles. The Bertz CT molecular complexity index is 65.4. The fourth-order valence-corrected chi connectivity index (χ4v) is 0.469. The van der Waals surface area contributed by atoms with Crippen molar-refractivity contribution >= 4 is 11.6 Å². The summed E-state index contributed by atoms with van der Waals surface area (Å²) in [5, 5.41) is -0.561. The molecule has 0 heterocycles. The Morgan fingerprint density at radius 2 is 2.25 bits per heavy atom. The lowest BCUT2D eigenvalue weighted by atomic mass is 10.3. The summed E-state index contributed by atoms with van der Waals surface area (Å²) in [6.07, 6.45) is 0.686. The summed E-state index contributed by atoms with van der Waals surface area (Å²) in [5.41, 5.74) is 5.23. The van der Waals surface area contributed by atoms with E-state index < -0.39 is 5.06 Å². The molecule has 0 rings (SSSR count). The molecule has 2 nitrogen and oxygen atoms in total. The molecule has 0 amide bonds. The van der Waals surface area contributed by atoms with Gasteiger partial charge < -0.3 is 10.5 Å². The second kappa shape index (κ2) is 3.28. The molecule has 8 heavy (non-hydrogen) atoms. The standard InChI is InChI=1S/C5H12ClNO/c1-5(6,8-2)3-4-7/h3-4,7H2,1-2H3. The Kier molecular flexibility index (Phi) is 3.36. The number of hydrogen-bond donors (Lipinski definition) is 1. The van der Waals surface area contributed by atoms with Gasteiger partial charge in [0, 0.05) is 13.5 Å². The number of methoxy groups -OCH3 is 1. The quantitative estimate of drug-likeness (QED) is 0.588. The molecule has 0 aliphatic rings. The van der Waals surface area contributed by atoms with E-state index in [1.54, 1.807) is 14.0 Å². The summed E-state index contributed by atoms with van der Waals surface area (Å²) in [6, 6.07) is 0. The average molecular weight is 138 g/mol. The van der Waals surface area contributed by atoms with Gasteiger partial charge in [-0.3, -0.25) is 0 Å². The van der Waals surface area contributed by atoms with E-state index in [0.717, 1.165) is 0 Å². The molecule has 0 aromatic carbocycles. The highest BCUT2D eigenvalue weighted by Gasteiger charge is 2.16. The molecule has 0 spiro atoms. The molecule has 0 radical (unpaired) electrons. The first kappa shape index (κ1) is 8.21. The second-order valence-corrected chi connectivity index (χ2v) is 2.64. The van der Waals surface area contributed by atoms with Crippen molar-refractivity contribution in [2.75, 3.05) is 13.7 Å². The highest BCUT2D eigenvalue weighted by Crippen LogP contribution is 2.17. The lowest BCUT2D eigenvalue weighted by molar-refractivity contribution is 0.0747. The first-order chi connectivity index (χ1) is 3.62. The van der Waals surface area contributed by atoms with E-state index in [2.05, 4.69) is 0 Å². The van der Waals surface area contributed by atoms with Crippen molar-refractivity contribution in [1.82, 2.24) is 0 Å². The fraction of sp³-hybridized carbons (Fsp3) is 1.00. The van der Waals surface area contributed by atoms with Crippen molar-refractivity contribution in [3.05, 3.63) is 0 Å². The van der Waals surface area contributed by atoms with E-state index >= 15 is 0 Å². The molecule has 1 atom stereocenters. The highest BCUT2D eigenvalue weighted by molar-refractivity contribution is 6.22. The molecule has 0 aliphatic heterocycles. The maximum Gasteiger partial charge on any atom is 0.139 e. The Balaban J connectivity index is 3.37. The molecule has 0 aromatic heterocycles. The Labute approximate surface area is 55.0 Å². The molecule has 3 heteroatoms. The van der Waals surface area contributed by atoms with Gasteiger partial charge in [-0.1, -0.05) is 11.6 Å². The second-order valence-electron chi connectivity index (χ2n) is 1.84. The van der Waals surface area contributed by atoms with Gasteiger partial charge in [-0.2, -0.15) is 0 Å². The minimum Gasteiger partial charge on any atom is -0.363 e. The van der Waals surface area contributed by atoms with E-state index in [-0.39, 0.29) is 0 Å². The minimum absolute atomic E-state index is 0.561. The Hall–Kier alpha value is 0.210. The van der Waals surface area contributed by atoms with Crippen LogP contribution in [0.15, 0.2) is 0 Å². The van der Waals surface area contributed by atoms with Crippen LogP contribution in [0, 0.1) is 0 Å². The van der Waals surface area contributed by atoms with Crippen molar-refractivity contribution in [3.63, 3.8) is 0 Å². The summed E-state index contributed by atoms with van der Waals surface area (Å²) < 4.78 is 4.86. The van der Waals surface area contributed by atoms with Crippen LogP contribution in [0.3, 0.4) is 0 Å². The molecular formula is C5H12ClNO. The normalized spacial score (nSPS) is 18.0. The third kappa shape index (κ3) is 3.24. The largest absolute Gasteiger partial charge is 0.363 e. The summed E-state index contributed by atoms with van der Waals surface area (Å²) in [7, 11) is 1.57. The molecule has 0 aliphatic carbocycles. The first-order valence-electron chi connectivity index (χ1n) is 2.56. The van der Waals surface area contributed by atoms with Crippen LogP contribution in [0.5, 0.6) is 0 Å². The van der Waals surface area contributed by atoms with Gasteiger partial charge >= 0.3 is 0 Å². The van der Waals surface area contributed by atoms with Crippen molar-refractivity contribution in [3.8, 4) is 0 Å². The Morgan fingerprint density at radius 3 is 2.38 bits per heavy atom.